The van der Waals surface area contributed by atoms with E-state index in [1.54, 1.807) is 0 Å². The molecule has 144 valence electrons. The van der Waals surface area contributed by atoms with Gasteiger partial charge in [0.2, 0.25) is 0 Å². The minimum absolute atomic E-state index is 0. The van der Waals surface area contributed by atoms with Gasteiger partial charge >= 0.3 is 6.18 Å². The molecule has 1 aliphatic rings. The minimum atomic E-state index is -4.46. The summed E-state index contributed by atoms with van der Waals surface area (Å²) in [6.07, 6.45) is -0.308. The van der Waals surface area contributed by atoms with Crippen LogP contribution in [0.15, 0.2) is 24.5 Å². The van der Waals surface area contributed by atoms with Crippen molar-refractivity contribution in [1.29, 1.82) is 0 Å². The van der Waals surface area contributed by atoms with Crippen LogP contribution in [0.1, 0.15) is 28.9 Å². The number of nitrogens with one attached hydrogen (secondary N) is 1. The first kappa shape index (κ1) is 22.1. The third-order valence-electron chi connectivity index (χ3n) is 3.76. The number of aromatic nitrogens is 4. The van der Waals surface area contributed by atoms with Gasteiger partial charge in [0.05, 0.1) is 11.8 Å². The summed E-state index contributed by atoms with van der Waals surface area (Å²) in [4.78, 5) is 15.7. The number of pyridine rings is 1. The Hall–Kier alpha value is -1.91. The molecule has 1 fully saturated rings. The standard InChI is InChI=1S/C14H15F3N6O.2ClH/c15-14(16,17)9-3-4-12(19-5-9)23-7-11(21-22-23)13(24)20-6-10(18)8-1-2-8;;/h3-5,7-8,10H,1-2,6,18H2,(H,20,24);2*1H. The van der Waals surface area contributed by atoms with Crippen LogP contribution in [0.25, 0.3) is 5.82 Å². The largest absolute Gasteiger partial charge is 0.417 e. The van der Waals surface area contributed by atoms with Gasteiger partial charge in [-0.3, -0.25) is 4.79 Å². The summed E-state index contributed by atoms with van der Waals surface area (Å²) < 4.78 is 38.7. The van der Waals surface area contributed by atoms with Crippen molar-refractivity contribution >= 4 is 30.7 Å². The van der Waals surface area contributed by atoms with Gasteiger partial charge in [0.15, 0.2) is 11.5 Å². The van der Waals surface area contributed by atoms with Crippen LogP contribution in [-0.2, 0) is 6.18 Å². The van der Waals surface area contributed by atoms with E-state index in [1.807, 2.05) is 0 Å². The zero-order valence-electron chi connectivity index (χ0n) is 13.3. The molecule has 0 aromatic carbocycles. The molecule has 1 amide bonds. The molecule has 0 radical (unpaired) electrons. The van der Waals surface area contributed by atoms with Gasteiger partial charge < -0.3 is 11.1 Å². The third kappa shape index (κ3) is 5.29. The van der Waals surface area contributed by atoms with E-state index in [-0.39, 0.29) is 42.4 Å². The summed E-state index contributed by atoms with van der Waals surface area (Å²) >= 11 is 0. The van der Waals surface area contributed by atoms with Gasteiger partial charge in [0.1, 0.15) is 0 Å². The molecule has 1 atom stereocenters. The molecule has 2 aromatic rings. The lowest BCUT2D eigenvalue weighted by Gasteiger charge is -2.10. The average Bonchev–Trinajstić information content (AvgIpc) is 3.28. The van der Waals surface area contributed by atoms with Crippen molar-refractivity contribution < 1.29 is 18.0 Å². The summed E-state index contributed by atoms with van der Waals surface area (Å²) in [6, 6.07) is 1.96. The van der Waals surface area contributed by atoms with Crippen LogP contribution in [0.5, 0.6) is 0 Å². The van der Waals surface area contributed by atoms with Crippen LogP contribution in [-0.4, -0.2) is 38.5 Å². The van der Waals surface area contributed by atoms with Gasteiger partial charge in [0.25, 0.3) is 5.91 Å². The van der Waals surface area contributed by atoms with Crippen LogP contribution in [0.4, 0.5) is 13.2 Å². The minimum Gasteiger partial charge on any atom is -0.349 e. The fourth-order valence-corrected chi connectivity index (χ4v) is 2.16. The van der Waals surface area contributed by atoms with Crippen molar-refractivity contribution in [3.8, 4) is 5.82 Å². The molecular weight excluding hydrogens is 396 g/mol. The second kappa shape index (κ2) is 8.65. The fraction of sp³-hybridized carbons (Fsp3) is 0.429. The Morgan fingerprint density at radius 1 is 1.35 bits per heavy atom. The number of halogens is 5. The fourth-order valence-electron chi connectivity index (χ4n) is 2.16. The molecule has 1 aliphatic carbocycles. The lowest BCUT2D eigenvalue weighted by atomic mass is 10.2. The summed E-state index contributed by atoms with van der Waals surface area (Å²) in [5, 5.41) is 10.1. The SMILES string of the molecule is Cl.Cl.NC(CNC(=O)c1cn(-c2ccc(C(F)(F)F)cn2)nn1)C1CC1. The van der Waals surface area contributed by atoms with Crippen LogP contribution < -0.4 is 11.1 Å². The molecule has 0 spiro atoms. The maximum Gasteiger partial charge on any atom is 0.417 e. The van der Waals surface area contributed by atoms with Crippen molar-refractivity contribution in [1.82, 2.24) is 25.3 Å². The van der Waals surface area contributed by atoms with Gasteiger partial charge in [-0.25, -0.2) is 9.67 Å². The van der Waals surface area contributed by atoms with Crippen LogP contribution >= 0.6 is 24.8 Å². The maximum atomic E-state index is 12.5. The summed E-state index contributed by atoms with van der Waals surface area (Å²) in [5.74, 6) is 0.144. The van der Waals surface area contributed by atoms with E-state index >= 15 is 0 Å². The monoisotopic (exact) mass is 412 g/mol. The Labute approximate surface area is 159 Å². The molecule has 0 saturated heterocycles. The highest BCUT2D eigenvalue weighted by atomic mass is 35.5. The molecule has 2 aromatic heterocycles. The van der Waals surface area contributed by atoms with E-state index in [0.29, 0.717) is 18.7 Å². The molecule has 1 unspecified atom stereocenters. The van der Waals surface area contributed by atoms with E-state index in [4.69, 9.17) is 5.73 Å². The van der Waals surface area contributed by atoms with Crippen LogP contribution in [0.3, 0.4) is 0 Å². The van der Waals surface area contributed by atoms with Crippen LogP contribution in [0, 0.1) is 5.92 Å². The second-order valence-electron chi connectivity index (χ2n) is 5.66. The van der Waals surface area contributed by atoms with E-state index < -0.39 is 17.6 Å². The summed E-state index contributed by atoms with van der Waals surface area (Å²) in [7, 11) is 0. The van der Waals surface area contributed by atoms with Gasteiger partial charge in [0, 0.05) is 18.8 Å². The predicted molar refractivity (Wildman–Crippen MR) is 91.7 cm³/mol. The van der Waals surface area contributed by atoms with E-state index in [2.05, 4.69) is 20.6 Å². The Balaban J connectivity index is 0.00000169. The number of hydrogen-bond acceptors (Lipinski definition) is 5. The molecule has 3 rings (SSSR count). The number of hydrogen-bond donors (Lipinski definition) is 2. The van der Waals surface area contributed by atoms with E-state index in [1.165, 1.54) is 6.20 Å². The normalized spacial score (nSPS) is 14.8. The van der Waals surface area contributed by atoms with Gasteiger partial charge in [-0.15, -0.1) is 29.9 Å². The highest BCUT2D eigenvalue weighted by molar-refractivity contribution is 5.91. The first-order chi connectivity index (χ1) is 11.3. The van der Waals surface area contributed by atoms with Crippen molar-refractivity contribution in [3.63, 3.8) is 0 Å². The first-order valence-corrected chi connectivity index (χ1v) is 7.34. The first-order valence-electron chi connectivity index (χ1n) is 7.34. The lowest BCUT2D eigenvalue weighted by Crippen LogP contribution is -2.38. The Morgan fingerprint density at radius 2 is 2.04 bits per heavy atom. The molecule has 26 heavy (non-hydrogen) atoms. The zero-order chi connectivity index (χ0) is 17.3. The number of carbonyl (C=O) groups excluding carboxylic acids is 1. The molecule has 7 nitrogen and oxygen atoms in total. The number of carbonyl (C=O) groups is 1. The van der Waals surface area contributed by atoms with Gasteiger partial charge in [-0.1, -0.05) is 5.21 Å². The van der Waals surface area contributed by atoms with Crippen molar-refractivity contribution in [2.24, 2.45) is 11.7 Å². The van der Waals surface area contributed by atoms with E-state index in [0.717, 1.165) is 29.7 Å². The molecule has 1 saturated carbocycles. The van der Waals surface area contributed by atoms with E-state index in [9.17, 15) is 18.0 Å². The Bertz CT molecular complexity index is 733. The lowest BCUT2D eigenvalue weighted by molar-refractivity contribution is -0.137. The van der Waals surface area contributed by atoms with Crippen molar-refractivity contribution in [2.75, 3.05) is 6.54 Å². The highest BCUT2D eigenvalue weighted by Crippen LogP contribution is 2.31. The predicted octanol–water partition coefficient (Wildman–Crippen LogP) is 1.99. The molecule has 0 aliphatic heterocycles. The molecule has 2 heterocycles. The molecule has 0 bridgehead atoms. The third-order valence-corrected chi connectivity index (χ3v) is 3.76. The molecule has 12 heteroatoms. The molecular formula is C14H17Cl2F3N6O. The van der Waals surface area contributed by atoms with Gasteiger partial charge in [-0.2, -0.15) is 13.2 Å². The van der Waals surface area contributed by atoms with Gasteiger partial charge in [-0.05, 0) is 30.9 Å². The van der Waals surface area contributed by atoms with Crippen molar-refractivity contribution in [3.05, 3.63) is 35.8 Å². The Kier molecular flexibility index (Phi) is 7.36. The number of alkyl halides is 3. The van der Waals surface area contributed by atoms with Crippen LogP contribution in [0.2, 0.25) is 0 Å². The second-order valence-corrected chi connectivity index (χ2v) is 5.66. The number of nitrogens with two attached hydrogens (primary N) is 1. The quantitative estimate of drug-likeness (QED) is 0.782. The summed E-state index contributed by atoms with van der Waals surface area (Å²) in [6.45, 7) is 0.342. The highest BCUT2D eigenvalue weighted by Gasteiger charge is 2.31. The summed E-state index contributed by atoms with van der Waals surface area (Å²) in [5.41, 5.74) is 5.07. The Morgan fingerprint density at radius 3 is 2.58 bits per heavy atom. The molecule has 3 N–H and O–H groups in total. The van der Waals surface area contributed by atoms with Crippen molar-refractivity contribution in [2.45, 2.75) is 25.1 Å². The zero-order valence-corrected chi connectivity index (χ0v) is 14.9. The number of amides is 1. The number of rotatable bonds is 5. The maximum absolute atomic E-state index is 12.5. The smallest absolute Gasteiger partial charge is 0.349 e. The average molecular weight is 413 g/mol. The number of nitrogens with zero attached hydrogens (tertiary/aromatic N) is 4. The topological polar surface area (TPSA) is 98.7 Å².